The summed E-state index contributed by atoms with van der Waals surface area (Å²) in [4.78, 5) is 11.6. The van der Waals surface area contributed by atoms with Crippen molar-refractivity contribution in [1.29, 1.82) is 0 Å². The minimum absolute atomic E-state index is 0.0295. The van der Waals surface area contributed by atoms with Crippen molar-refractivity contribution >= 4 is 15.6 Å². The predicted octanol–water partition coefficient (Wildman–Crippen LogP) is 1.02. The molecule has 1 amide bonds. The van der Waals surface area contributed by atoms with Crippen LogP contribution < -0.4 is 5.32 Å². The second-order valence-corrected chi connectivity index (χ2v) is 8.38. The summed E-state index contributed by atoms with van der Waals surface area (Å²) in [7, 11) is -2.16. The third-order valence-electron chi connectivity index (χ3n) is 3.94. The lowest BCUT2D eigenvalue weighted by atomic mass is 10.0. The third kappa shape index (κ3) is 1.85. The number of nitrogens with one attached hydrogen (secondary N) is 1. The van der Waals surface area contributed by atoms with Gasteiger partial charge in [-0.3, -0.25) is 9.00 Å². The summed E-state index contributed by atoms with van der Waals surface area (Å²) in [5.41, 5.74) is 0.457. The van der Waals surface area contributed by atoms with Crippen molar-refractivity contribution in [2.75, 3.05) is 19.1 Å². The van der Waals surface area contributed by atoms with E-state index in [1.54, 1.807) is 12.5 Å². The Morgan fingerprint density at radius 2 is 2.00 bits per heavy atom. The minimum Gasteiger partial charge on any atom is -0.348 e. The molecule has 2 aliphatic carbocycles. The molecule has 0 unspecified atom stereocenters. The van der Waals surface area contributed by atoms with Crippen LogP contribution in [0.2, 0.25) is 0 Å². The molecule has 5 heteroatoms. The molecule has 0 atom stereocenters. The van der Waals surface area contributed by atoms with E-state index in [4.69, 9.17) is 0 Å². The van der Waals surface area contributed by atoms with Crippen molar-refractivity contribution in [2.24, 2.45) is 15.7 Å². The van der Waals surface area contributed by atoms with Crippen molar-refractivity contribution in [3.05, 3.63) is 0 Å². The SMILES string of the molecule is CC(C)C12CC1(NC(=O)CN=S(C)(C)=O)C2. The van der Waals surface area contributed by atoms with E-state index < -0.39 is 9.73 Å². The lowest BCUT2D eigenvalue weighted by molar-refractivity contribution is -0.120. The van der Waals surface area contributed by atoms with Crippen molar-refractivity contribution in [1.82, 2.24) is 5.32 Å². The van der Waals surface area contributed by atoms with Crippen molar-refractivity contribution in [3.8, 4) is 0 Å². The summed E-state index contributed by atoms with van der Waals surface area (Å²) in [6.45, 7) is 4.44. The third-order valence-corrected chi connectivity index (χ3v) is 4.69. The van der Waals surface area contributed by atoms with Gasteiger partial charge in [0.25, 0.3) is 0 Å². The molecule has 1 N–H and O–H groups in total. The molecule has 2 rings (SSSR count). The van der Waals surface area contributed by atoms with Gasteiger partial charge in [0, 0.05) is 33.2 Å². The van der Waals surface area contributed by atoms with Crippen LogP contribution in [0.4, 0.5) is 0 Å². The van der Waals surface area contributed by atoms with E-state index in [9.17, 15) is 9.00 Å². The Morgan fingerprint density at radius 1 is 1.44 bits per heavy atom. The predicted molar refractivity (Wildman–Crippen MR) is 64.7 cm³/mol. The quantitative estimate of drug-likeness (QED) is 0.802. The highest BCUT2D eigenvalue weighted by molar-refractivity contribution is 7.92. The molecule has 0 spiro atoms. The summed E-state index contributed by atoms with van der Waals surface area (Å²) in [6.07, 6.45) is 5.31. The molecule has 0 aromatic rings. The van der Waals surface area contributed by atoms with E-state index in [1.807, 2.05) is 0 Å². The highest BCUT2D eigenvalue weighted by Gasteiger charge is 2.84. The highest BCUT2D eigenvalue weighted by Crippen LogP contribution is 2.81. The van der Waals surface area contributed by atoms with Crippen LogP contribution in [0.1, 0.15) is 26.7 Å². The van der Waals surface area contributed by atoms with Gasteiger partial charge in [-0.15, -0.1) is 0 Å². The highest BCUT2D eigenvalue weighted by atomic mass is 32.2. The molecule has 16 heavy (non-hydrogen) atoms. The standard InChI is InChI=1S/C11H20N2O2S/c1-8(2)10-6-11(10,7-10)13-9(14)5-12-16(3,4)15/h8H,5-7H2,1-4H3,(H,13,14). The molecule has 0 aliphatic heterocycles. The Morgan fingerprint density at radius 3 is 2.38 bits per heavy atom. The van der Waals surface area contributed by atoms with Gasteiger partial charge in [-0.2, -0.15) is 0 Å². The fourth-order valence-corrected chi connectivity index (χ4v) is 3.06. The maximum absolute atomic E-state index is 11.6. The van der Waals surface area contributed by atoms with Crippen LogP contribution >= 0.6 is 0 Å². The van der Waals surface area contributed by atoms with Crippen LogP contribution in [0.15, 0.2) is 4.36 Å². The first kappa shape index (κ1) is 11.9. The van der Waals surface area contributed by atoms with Crippen LogP contribution in [0, 0.1) is 11.3 Å². The summed E-state index contributed by atoms with van der Waals surface area (Å²) in [5.74, 6) is 0.544. The van der Waals surface area contributed by atoms with E-state index in [1.165, 1.54) is 0 Å². The zero-order valence-corrected chi connectivity index (χ0v) is 11.2. The van der Waals surface area contributed by atoms with Crippen LogP contribution in [0.25, 0.3) is 0 Å². The van der Waals surface area contributed by atoms with Gasteiger partial charge < -0.3 is 5.32 Å². The van der Waals surface area contributed by atoms with Crippen molar-refractivity contribution < 1.29 is 9.00 Å². The van der Waals surface area contributed by atoms with E-state index in [0.29, 0.717) is 11.3 Å². The normalized spacial score (nSPS) is 35.6. The summed E-state index contributed by atoms with van der Waals surface area (Å²) in [6, 6.07) is 0. The Bertz CT molecular complexity index is 433. The van der Waals surface area contributed by atoms with Crippen LogP contribution in [0.5, 0.6) is 0 Å². The molecule has 0 aromatic carbocycles. The molecule has 2 aliphatic rings. The number of fused-ring (bicyclic) bond motifs is 1. The fraction of sp³-hybridized carbons (Fsp3) is 0.909. The second kappa shape index (κ2) is 3.22. The minimum atomic E-state index is -2.16. The van der Waals surface area contributed by atoms with Crippen LogP contribution in [-0.2, 0) is 14.5 Å². The number of rotatable bonds is 4. The molecule has 4 nitrogen and oxygen atoms in total. The zero-order chi connectivity index (χ0) is 12.2. The second-order valence-electron chi connectivity index (χ2n) is 5.76. The first-order chi connectivity index (χ1) is 7.21. The Labute approximate surface area is 97.4 Å². The number of nitrogens with zero attached hydrogens (tertiary/aromatic N) is 1. The van der Waals surface area contributed by atoms with Gasteiger partial charge in [-0.05, 0) is 18.8 Å². The van der Waals surface area contributed by atoms with Gasteiger partial charge in [-0.25, -0.2) is 4.36 Å². The molecule has 0 heterocycles. The average Bonchev–Trinajstić information content (AvgIpc) is 2.85. The van der Waals surface area contributed by atoms with Gasteiger partial charge in [0.15, 0.2) is 0 Å². The van der Waals surface area contributed by atoms with E-state index in [-0.39, 0.29) is 18.0 Å². The molecule has 0 bridgehead atoms. The Kier molecular flexibility index (Phi) is 2.39. The Hall–Kier alpha value is -0.580. The smallest absolute Gasteiger partial charge is 0.242 e. The monoisotopic (exact) mass is 244 g/mol. The topological polar surface area (TPSA) is 58.5 Å². The first-order valence-corrected chi connectivity index (χ1v) is 7.98. The van der Waals surface area contributed by atoms with Crippen LogP contribution in [-0.4, -0.2) is 34.7 Å². The lowest BCUT2D eigenvalue weighted by Crippen LogP contribution is -2.32. The zero-order valence-electron chi connectivity index (χ0n) is 10.4. The number of hydrogen-bond donors (Lipinski definition) is 1. The van der Waals surface area contributed by atoms with E-state index in [2.05, 4.69) is 23.5 Å². The number of carbonyl (C=O) groups is 1. The van der Waals surface area contributed by atoms with Gasteiger partial charge in [0.1, 0.15) is 6.54 Å². The van der Waals surface area contributed by atoms with E-state index in [0.717, 1.165) is 12.8 Å². The molecule has 2 saturated carbocycles. The summed E-state index contributed by atoms with van der Waals surface area (Å²) in [5, 5.41) is 3.04. The largest absolute Gasteiger partial charge is 0.348 e. The van der Waals surface area contributed by atoms with E-state index >= 15 is 0 Å². The fourth-order valence-electron chi connectivity index (χ4n) is 2.63. The van der Waals surface area contributed by atoms with Crippen molar-refractivity contribution in [2.45, 2.75) is 32.2 Å². The van der Waals surface area contributed by atoms with Crippen LogP contribution in [0.3, 0.4) is 0 Å². The summed E-state index contributed by atoms with van der Waals surface area (Å²) >= 11 is 0. The van der Waals surface area contributed by atoms with Crippen molar-refractivity contribution in [3.63, 3.8) is 0 Å². The molecule has 2 fully saturated rings. The Balaban J connectivity index is 1.86. The number of hydrogen-bond acceptors (Lipinski definition) is 3. The average molecular weight is 244 g/mol. The first-order valence-electron chi connectivity index (χ1n) is 5.65. The maximum atomic E-state index is 11.6. The molecular weight excluding hydrogens is 224 g/mol. The molecule has 0 aromatic heterocycles. The molecular formula is C11H20N2O2S. The van der Waals surface area contributed by atoms with Gasteiger partial charge >= 0.3 is 0 Å². The molecule has 92 valence electrons. The molecule has 0 saturated heterocycles. The lowest BCUT2D eigenvalue weighted by Gasteiger charge is -2.04. The number of carbonyl (C=O) groups excluding carboxylic acids is 1. The number of amides is 1. The molecule has 0 radical (unpaired) electrons. The maximum Gasteiger partial charge on any atom is 0.242 e. The van der Waals surface area contributed by atoms with Gasteiger partial charge in [0.05, 0.1) is 0 Å². The summed E-state index contributed by atoms with van der Waals surface area (Å²) < 4.78 is 15.2. The van der Waals surface area contributed by atoms with Gasteiger partial charge in [0.2, 0.25) is 5.91 Å². The van der Waals surface area contributed by atoms with Gasteiger partial charge in [-0.1, -0.05) is 13.8 Å².